The molecule has 3 N–H and O–H groups in total. The minimum absolute atomic E-state index is 0.0988. The average Bonchev–Trinajstić information content (AvgIpc) is 3.23. The topological polar surface area (TPSA) is 92.6 Å². The Bertz CT molecular complexity index is 1050. The van der Waals surface area contributed by atoms with Crippen LogP contribution in [0, 0.1) is 3.57 Å². The van der Waals surface area contributed by atoms with Crippen molar-refractivity contribution in [3.05, 3.63) is 75.8 Å². The fourth-order valence-corrected chi connectivity index (χ4v) is 3.19. The van der Waals surface area contributed by atoms with Crippen LogP contribution in [0.5, 0.6) is 5.75 Å². The van der Waals surface area contributed by atoms with Crippen molar-refractivity contribution >= 4 is 63.1 Å². The van der Waals surface area contributed by atoms with Crippen molar-refractivity contribution in [2.75, 3.05) is 17.7 Å². The molecule has 1 aromatic heterocycles. The Labute approximate surface area is 186 Å². The molecule has 0 bridgehead atoms. The van der Waals surface area contributed by atoms with Gasteiger partial charge in [0.2, 0.25) is 0 Å². The third-order valence-electron chi connectivity index (χ3n) is 3.76. The summed E-state index contributed by atoms with van der Waals surface area (Å²) in [6.45, 7) is 0. The van der Waals surface area contributed by atoms with Crippen LogP contribution in [0.4, 0.5) is 11.4 Å². The number of amides is 2. The summed E-state index contributed by atoms with van der Waals surface area (Å²) in [7, 11) is 1.51. The van der Waals surface area contributed by atoms with Gasteiger partial charge >= 0.3 is 0 Å². The number of hydrogen-bond donors (Lipinski definition) is 3. The minimum Gasteiger partial charge on any atom is -0.495 e. The summed E-state index contributed by atoms with van der Waals surface area (Å²) in [5.41, 5.74) is 1.48. The van der Waals surface area contributed by atoms with Gasteiger partial charge in [-0.2, -0.15) is 0 Å². The van der Waals surface area contributed by atoms with Crippen LogP contribution in [-0.2, 0) is 0 Å². The van der Waals surface area contributed by atoms with Crippen LogP contribution >= 0.6 is 34.8 Å². The predicted molar refractivity (Wildman–Crippen MR) is 123 cm³/mol. The number of hydrogen-bond acceptors (Lipinski definition) is 5. The third kappa shape index (κ3) is 5.55. The molecule has 148 valence electrons. The van der Waals surface area contributed by atoms with E-state index in [1.54, 1.807) is 48.5 Å². The van der Waals surface area contributed by atoms with E-state index in [9.17, 15) is 9.59 Å². The van der Waals surface area contributed by atoms with E-state index in [4.69, 9.17) is 21.4 Å². The number of methoxy groups -OCH3 is 1. The van der Waals surface area contributed by atoms with Crippen molar-refractivity contribution in [3.8, 4) is 5.75 Å². The van der Waals surface area contributed by atoms with E-state index in [1.807, 2.05) is 6.07 Å². The van der Waals surface area contributed by atoms with Crippen molar-refractivity contribution in [2.45, 2.75) is 0 Å². The fourth-order valence-electron chi connectivity index (χ4n) is 2.44. The Hall–Kier alpha value is -2.92. The molecule has 0 aliphatic carbocycles. The first-order chi connectivity index (χ1) is 14.0. The standard InChI is InChI=1S/C20H16IN3O4S/c1-27-16-8-7-14(22-19(26)17-6-3-9-28-17)11-15(16)23-20(29)24-18(25)12-4-2-5-13(21)10-12/h2-11H,1H3,(H,22,26)(H2,23,24,25,29). The molecule has 7 nitrogen and oxygen atoms in total. The minimum atomic E-state index is -0.388. The van der Waals surface area contributed by atoms with Crippen molar-refractivity contribution < 1.29 is 18.7 Å². The highest BCUT2D eigenvalue weighted by atomic mass is 127. The van der Waals surface area contributed by atoms with Gasteiger partial charge in [0.05, 0.1) is 19.1 Å². The molecule has 0 unspecified atom stereocenters. The second kappa shape index (κ2) is 9.52. The smallest absolute Gasteiger partial charge is 0.291 e. The van der Waals surface area contributed by atoms with Gasteiger partial charge in [-0.3, -0.25) is 14.9 Å². The summed E-state index contributed by atoms with van der Waals surface area (Å²) in [4.78, 5) is 24.5. The van der Waals surface area contributed by atoms with Crippen LogP contribution in [0.2, 0.25) is 0 Å². The summed E-state index contributed by atoms with van der Waals surface area (Å²) in [6, 6.07) is 15.3. The van der Waals surface area contributed by atoms with Crippen LogP contribution < -0.4 is 20.7 Å². The van der Waals surface area contributed by atoms with Gasteiger partial charge in [0.15, 0.2) is 10.9 Å². The maximum atomic E-state index is 12.4. The first-order valence-corrected chi connectivity index (χ1v) is 9.86. The summed E-state index contributed by atoms with van der Waals surface area (Å²) in [5.74, 6) is -0.0367. The van der Waals surface area contributed by atoms with Crippen LogP contribution in [0.1, 0.15) is 20.9 Å². The van der Waals surface area contributed by atoms with Gasteiger partial charge < -0.3 is 19.8 Å². The molecule has 0 aliphatic rings. The molecule has 0 radical (unpaired) electrons. The number of thiocarbonyl (C=S) groups is 1. The second-order valence-electron chi connectivity index (χ2n) is 5.77. The van der Waals surface area contributed by atoms with Gasteiger partial charge in [0, 0.05) is 14.8 Å². The highest BCUT2D eigenvalue weighted by molar-refractivity contribution is 14.1. The molecule has 0 atom stereocenters. The number of nitrogens with one attached hydrogen (secondary N) is 3. The highest BCUT2D eigenvalue weighted by Crippen LogP contribution is 2.28. The van der Waals surface area contributed by atoms with Crippen molar-refractivity contribution in [1.29, 1.82) is 0 Å². The zero-order valence-corrected chi connectivity index (χ0v) is 18.2. The van der Waals surface area contributed by atoms with Gasteiger partial charge in [-0.1, -0.05) is 6.07 Å². The molecular weight excluding hydrogens is 505 g/mol. The van der Waals surface area contributed by atoms with Crippen molar-refractivity contribution in [2.24, 2.45) is 0 Å². The number of rotatable bonds is 5. The van der Waals surface area contributed by atoms with Gasteiger partial charge in [0.25, 0.3) is 11.8 Å². The Morgan fingerprint density at radius 2 is 1.86 bits per heavy atom. The van der Waals surface area contributed by atoms with Gasteiger partial charge in [-0.05, 0) is 83.3 Å². The Kier molecular flexibility index (Phi) is 6.83. The second-order valence-corrected chi connectivity index (χ2v) is 7.42. The van der Waals surface area contributed by atoms with E-state index in [0.717, 1.165) is 3.57 Å². The Morgan fingerprint density at radius 3 is 2.55 bits per heavy atom. The third-order valence-corrected chi connectivity index (χ3v) is 4.64. The summed E-state index contributed by atoms with van der Waals surface area (Å²) in [5, 5.41) is 8.37. The predicted octanol–water partition coefficient (Wildman–Crippen LogP) is 4.27. The van der Waals surface area contributed by atoms with Crippen molar-refractivity contribution in [1.82, 2.24) is 5.32 Å². The van der Waals surface area contributed by atoms with Gasteiger partial charge in [-0.25, -0.2) is 0 Å². The number of carbonyl (C=O) groups is 2. The van der Waals surface area contributed by atoms with E-state index >= 15 is 0 Å². The van der Waals surface area contributed by atoms with E-state index in [2.05, 4.69) is 38.5 Å². The molecule has 2 amide bonds. The summed E-state index contributed by atoms with van der Waals surface area (Å²) >= 11 is 7.38. The number of halogens is 1. The molecule has 3 rings (SSSR count). The monoisotopic (exact) mass is 521 g/mol. The molecule has 2 aromatic carbocycles. The SMILES string of the molecule is COc1ccc(NC(=O)c2ccco2)cc1NC(=S)NC(=O)c1cccc(I)c1. The van der Waals surface area contributed by atoms with E-state index in [1.165, 1.54) is 13.4 Å². The quantitative estimate of drug-likeness (QED) is 0.343. The molecule has 0 saturated heterocycles. The number of benzene rings is 2. The highest BCUT2D eigenvalue weighted by Gasteiger charge is 2.13. The lowest BCUT2D eigenvalue weighted by Gasteiger charge is -2.14. The number of ether oxygens (including phenoxy) is 1. The maximum absolute atomic E-state index is 12.4. The normalized spacial score (nSPS) is 10.1. The molecule has 9 heteroatoms. The summed E-state index contributed by atoms with van der Waals surface area (Å²) < 4.78 is 11.3. The molecule has 0 spiro atoms. The van der Waals surface area contributed by atoms with E-state index < -0.39 is 0 Å². The first-order valence-electron chi connectivity index (χ1n) is 8.37. The van der Waals surface area contributed by atoms with Crippen molar-refractivity contribution in [3.63, 3.8) is 0 Å². The number of carbonyl (C=O) groups excluding carboxylic acids is 2. The van der Waals surface area contributed by atoms with Crippen LogP contribution in [0.15, 0.2) is 65.3 Å². The molecule has 0 saturated carbocycles. The summed E-state index contributed by atoms with van der Waals surface area (Å²) in [6.07, 6.45) is 1.42. The molecular formula is C20H16IN3O4S. The van der Waals surface area contributed by atoms with Crippen LogP contribution in [0.25, 0.3) is 0 Å². The zero-order valence-electron chi connectivity index (χ0n) is 15.2. The van der Waals surface area contributed by atoms with Gasteiger partial charge in [-0.15, -0.1) is 0 Å². The molecule has 1 heterocycles. The Balaban J connectivity index is 1.70. The van der Waals surface area contributed by atoms with Crippen LogP contribution in [-0.4, -0.2) is 24.0 Å². The number of furan rings is 1. The fraction of sp³-hybridized carbons (Fsp3) is 0.0500. The number of anilines is 2. The molecule has 3 aromatic rings. The lowest BCUT2D eigenvalue weighted by atomic mass is 10.2. The largest absolute Gasteiger partial charge is 0.495 e. The first kappa shape index (κ1) is 20.8. The zero-order chi connectivity index (χ0) is 20.8. The van der Waals surface area contributed by atoms with Crippen LogP contribution in [0.3, 0.4) is 0 Å². The van der Waals surface area contributed by atoms with Gasteiger partial charge in [0.1, 0.15) is 5.75 Å². The Morgan fingerprint density at radius 1 is 1.03 bits per heavy atom. The van der Waals surface area contributed by atoms with E-state index in [0.29, 0.717) is 22.7 Å². The molecule has 29 heavy (non-hydrogen) atoms. The molecule has 0 fully saturated rings. The average molecular weight is 521 g/mol. The molecule has 0 aliphatic heterocycles. The van der Waals surface area contributed by atoms with E-state index in [-0.39, 0.29) is 22.7 Å². The lowest BCUT2D eigenvalue weighted by Crippen LogP contribution is -2.34. The maximum Gasteiger partial charge on any atom is 0.291 e. The lowest BCUT2D eigenvalue weighted by molar-refractivity contribution is 0.0975.